The summed E-state index contributed by atoms with van der Waals surface area (Å²) in [6.07, 6.45) is 84.5. The Morgan fingerprint density at radius 3 is 1.06 bits per heavy atom. The van der Waals surface area contributed by atoms with Crippen LogP contribution in [0.1, 0.15) is 271 Å². The summed E-state index contributed by atoms with van der Waals surface area (Å²) in [6.45, 7) is 4.32. The van der Waals surface area contributed by atoms with Gasteiger partial charge in [0, 0.05) is 12.8 Å². The molecule has 0 heterocycles. The van der Waals surface area contributed by atoms with Gasteiger partial charge in [-0.2, -0.15) is 0 Å². The van der Waals surface area contributed by atoms with Crippen molar-refractivity contribution in [2.24, 2.45) is 0 Å². The van der Waals surface area contributed by atoms with Gasteiger partial charge in [0.2, 0.25) is 0 Å². The molecule has 0 spiro atoms. The summed E-state index contributed by atoms with van der Waals surface area (Å²) < 4.78 is 34.7. The molecule has 0 amide bonds. The standard InChI is InChI=1S/C70H122NO8P/c1-6-8-10-12-14-16-18-20-22-24-26-28-30-31-32-33-34-35-36-37-38-39-41-43-45-47-49-51-53-55-57-59-61-63-70(73)79-68(67-78-80(74,75)77-65-64-71(3,4)5)66-76-69(72)62-60-58-56-54-52-50-48-46-44-42-40-29-27-25-23-21-19-17-15-13-11-9-7-2/h8,10,14,16,19-22,25-28,31-32,34-35,37-38,68H,6-7,9,11-13,15,17-18,23-24,29-30,33,36,39-67H2,1-5H3/p+1/b10-8-,16-14-,21-19-,22-20-,27-25-,28-26-,32-31-,35-34-,38-37-. The maximum Gasteiger partial charge on any atom is 0.472 e. The molecular formula is C70H123NO8P+. The molecule has 0 aromatic carbocycles. The maximum atomic E-state index is 12.9. The normalized spacial score (nSPS) is 13.9. The quantitative estimate of drug-likeness (QED) is 0.0211. The molecule has 460 valence electrons. The Kier molecular flexibility index (Phi) is 57.8. The van der Waals surface area contributed by atoms with Crippen LogP contribution in [-0.4, -0.2) is 74.9 Å². The van der Waals surface area contributed by atoms with Gasteiger partial charge in [0.05, 0.1) is 27.7 Å². The third-order valence-electron chi connectivity index (χ3n) is 13.8. The topological polar surface area (TPSA) is 108 Å². The van der Waals surface area contributed by atoms with E-state index in [9.17, 15) is 19.0 Å². The zero-order valence-corrected chi connectivity index (χ0v) is 53.2. The summed E-state index contributed by atoms with van der Waals surface area (Å²) in [7, 11) is 1.47. The van der Waals surface area contributed by atoms with Crippen molar-refractivity contribution in [1.82, 2.24) is 0 Å². The number of ether oxygens (including phenoxy) is 2. The fraction of sp³-hybridized carbons (Fsp3) is 0.714. The zero-order valence-electron chi connectivity index (χ0n) is 52.3. The smallest absolute Gasteiger partial charge is 0.462 e. The largest absolute Gasteiger partial charge is 0.472 e. The van der Waals surface area contributed by atoms with Crippen molar-refractivity contribution in [3.8, 4) is 0 Å². The molecule has 0 aliphatic carbocycles. The Bertz CT molecular complexity index is 1720. The van der Waals surface area contributed by atoms with Crippen LogP contribution in [0.5, 0.6) is 0 Å². The monoisotopic (exact) mass is 1140 g/mol. The van der Waals surface area contributed by atoms with E-state index in [1.54, 1.807) is 0 Å². The Labute approximate surface area is 493 Å². The highest BCUT2D eigenvalue weighted by Gasteiger charge is 2.27. The summed E-state index contributed by atoms with van der Waals surface area (Å²) in [5.41, 5.74) is 0. The third-order valence-corrected chi connectivity index (χ3v) is 14.8. The number of phosphoric acid groups is 1. The molecule has 0 aromatic rings. The number of hydrogen-bond donors (Lipinski definition) is 1. The van der Waals surface area contributed by atoms with Crippen LogP contribution in [0.3, 0.4) is 0 Å². The third kappa shape index (κ3) is 63.8. The van der Waals surface area contributed by atoms with Gasteiger partial charge in [-0.3, -0.25) is 18.6 Å². The first kappa shape index (κ1) is 76.7. The number of carbonyl (C=O) groups is 2. The molecule has 0 aliphatic heterocycles. The molecule has 0 radical (unpaired) electrons. The van der Waals surface area contributed by atoms with Crippen LogP contribution in [0.25, 0.3) is 0 Å². The van der Waals surface area contributed by atoms with Gasteiger partial charge in [-0.1, -0.05) is 264 Å². The van der Waals surface area contributed by atoms with Gasteiger partial charge in [-0.15, -0.1) is 0 Å². The van der Waals surface area contributed by atoms with E-state index in [0.717, 1.165) is 96.3 Å². The van der Waals surface area contributed by atoms with Gasteiger partial charge >= 0.3 is 19.8 Å². The Balaban J connectivity index is 4.12. The molecule has 1 N–H and O–H groups in total. The first-order chi connectivity index (χ1) is 39.0. The van der Waals surface area contributed by atoms with Gasteiger partial charge in [-0.05, 0) is 103 Å². The summed E-state index contributed by atoms with van der Waals surface area (Å²) in [4.78, 5) is 35.8. The number of quaternary nitrogens is 1. The maximum absolute atomic E-state index is 12.9. The highest BCUT2D eigenvalue weighted by atomic mass is 31.2. The highest BCUT2D eigenvalue weighted by molar-refractivity contribution is 7.47. The Hall–Kier alpha value is -3.33. The van der Waals surface area contributed by atoms with E-state index in [2.05, 4.69) is 123 Å². The van der Waals surface area contributed by atoms with Gasteiger partial charge in [0.1, 0.15) is 19.8 Å². The minimum absolute atomic E-state index is 0.0265. The lowest BCUT2D eigenvalue weighted by Crippen LogP contribution is -2.37. The second kappa shape index (κ2) is 60.3. The Morgan fingerprint density at radius 1 is 0.400 bits per heavy atom. The molecule has 0 fully saturated rings. The van der Waals surface area contributed by atoms with Crippen LogP contribution in [-0.2, 0) is 32.7 Å². The van der Waals surface area contributed by atoms with E-state index >= 15 is 0 Å². The number of esters is 2. The fourth-order valence-corrected chi connectivity index (χ4v) is 9.53. The van der Waals surface area contributed by atoms with Crippen molar-refractivity contribution >= 4 is 19.8 Å². The SMILES string of the molecule is CC/C=C\C/C=C\C/C=C\C/C=C\C/C=C\C/C=C\C/C=C\CCCCCCCCCCCCCC(=O)OC(COC(=O)CCCCCCCCCCCCC/C=C\C/C=C\CCCCCCC)COP(=O)(O)OCC[N+](C)(C)C. The lowest BCUT2D eigenvalue weighted by Gasteiger charge is -2.24. The molecule has 0 bridgehead atoms. The number of nitrogens with zero attached hydrogens (tertiary/aromatic N) is 1. The number of unbranched alkanes of at least 4 members (excludes halogenated alkanes) is 27. The number of allylic oxidation sites excluding steroid dienone is 18. The van der Waals surface area contributed by atoms with Crippen LogP contribution in [0.2, 0.25) is 0 Å². The molecule has 80 heavy (non-hydrogen) atoms. The average Bonchev–Trinajstić information content (AvgIpc) is 3.42. The molecule has 10 heteroatoms. The van der Waals surface area contributed by atoms with Crippen LogP contribution in [0, 0.1) is 0 Å². The van der Waals surface area contributed by atoms with E-state index in [1.807, 2.05) is 21.1 Å². The minimum atomic E-state index is -4.40. The first-order valence-electron chi connectivity index (χ1n) is 32.6. The molecule has 2 unspecified atom stereocenters. The Morgan fingerprint density at radius 2 is 0.713 bits per heavy atom. The van der Waals surface area contributed by atoms with E-state index in [1.165, 1.54) is 141 Å². The van der Waals surface area contributed by atoms with Crippen molar-refractivity contribution in [1.29, 1.82) is 0 Å². The van der Waals surface area contributed by atoms with E-state index in [4.69, 9.17) is 18.5 Å². The van der Waals surface area contributed by atoms with Crippen molar-refractivity contribution in [3.05, 3.63) is 109 Å². The summed E-state index contributed by atoms with van der Waals surface area (Å²) in [5.74, 6) is -0.802. The molecule has 2 atom stereocenters. The van der Waals surface area contributed by atoms with Gasteiger partial charge in [0.25, 0.3) is 0 Å². The van der Waals surface area contributed by atoms with Crippen molar-refractivity contribution < 1.29 is 42.1 Å². The fourth-order valence-electron chi connectivity index (χ4n) is 8.79. The zero-order chi connectivity index (χ0) is 58.4. The van der Waals surface area contributed by atoms with Crippen molar-refractivity contribution in [2.75, 3.05) is 47.5 Å². The predicted molar refractivity (Wildman–Crippen MR) is 344 cm³/mol. The lowest BCUT2D eigenvalue weighted by atomic mass is 10.0. The molecule has 0 saturated carbocycles. The summed E-state index contributed by atoms with van der Waals surface area (Å²) in [6, 6.07) is 0. The van der Waals surface area contributed by atoms with Crippen LogP contribution in [0.4, 0.5) is 0 Å². The number of phosphoric ester groups is 1. The number of hydrogen-bond acceptors (Lipinski definition) is 7. The molecular weight excluding hydrogens is 1010 g/mol. The van der Waals surface area contributed by atoms with Gasteiger partial charge < -0.3 is 18.9 Å². The predicted octanol–water partition coefficient (Wildman–Crippen LogP) is 20.9. The lowest BCUT2D eigenvalue weighted by molar-refractivity contribution is -0.870. The van der Waals surface area contributed by atoms with Crippen LogP contribution >= 0.6 is 7.82 Å². The van der Waals surface area contributed by atoms with Gasteiger partial charge in [-0.25, -0.2) is 4.57 Å². The molecule has 9 nitrogen and oxygen atoms in total. The van der Waals surface area contributed by atoms with Crippen LogP contribution < -0.4 is 0 Å². The second-order valence-corrected chi connectivity index (χ2v) is 24.2. The average molecular weight is 1140 g/mol. The molecule has 0 rings (SSSR count). The number of rotatable bonds is 59. The minimum Gasteiger partial charge on any atom is -0.462 e. The number of carbonyl (C=O) groups excluding carboxylic acids is 2. The van der Waals surface area contributed by atoms with Crippen LogP contribution in [0.15, 0.2) is 109 Å². The summed E-state index contributed by atoms with van der Waals surface area (Å²) >= 11 is 0. The van der Waals surface area contributed by atoms with Crippen molar-refractivity contribution in [2.45, 2.75) is 277 Å². The summed E-state index contributed by atoms with van der Waals surface area (Å²) in [5, 5.41) is 0. The molecule has 0 saturated heterocycles. The van der Waals surface area contributed by atoms with Gasteiger partial charge in [0.15, 0.2) is 6.10 Å². The van der Waals surface area contributed by atoms with E-state index in [0.29, 0.717) is 17.4 Å². The van der Waals surface area contributed by atoms with Crippen molar-refractivity contribution in [3.63, 3.8) is 0 Å². The van der Waals surface area contributed by atoms with E-state index in [-0.39, 0.29) is 32.0 Å². The highest BCUT2D eigenvalue weighted by Crippen LogP contribution is 2.43. The molecule has 0 aliphatic rings. The van der Waals surface area contributed by atoms with E-state index < -0.39 is 26.5 Å². The second-order valence-electron chi connectivity index (χ2n) is 22.8. The first-order valence-corrected chi connectivity index (χ1v) is 34.1. The molecule has 0 aromatic heterocycles. The number of likely N-dealkylation sites (N-methyl/N-ethyl adjacent to an activating group) is 1.